The Morgan fingerprint density at radius 3 is 2.20 bits per heavy atom. The van der Waals surface area contributed by atoms with Crippen LogP contribution in [-0.4, -0.2) is 38.8 Å². The molecule has 6 nitrogen and oxygen atoms in total. The topological polar surface area (TPSA) is 69.7 Å². The lowest BCUT2D eigenvalue weighted by molar-refractivity contribution is -0.120. The van der Waals surface area contributed by atoms with Crippen molar-refractivity contribution >= 4 is 5.91 Å². The second kappa shape index (κ2) is 10.3. The number of nitrogens with zero attached hydrogens (tertiary/aromatic N) is 1. The number of nitrogens with one attached hydrogen (secondary N) is 1. The van der Waals surface area contributed by atoms with Crippen LogP contribution in [0.3, 0.4) is 0 Å². The molecule has 0 unspecified atom stereocenters. The number of benzene rings is 2. The van der Waals surface area contributed by atoms with Crippen molar-refractivity contribution in [2.45, 2.75) is 12.8 Å². The van der Waals surface area contributed by atoms with Gasteiger partial charge >= 0.3 is 0 Å². The number of carbonyl (C=O) groups excluding carboxylic acids is 1. The lowest BCUT2D eigenvalue weighted by Gasteiger charge is -2.12. The Labute approximate surface area is 176 Å². The van der Waals surface area contributed by atoms with Crippen LogP contribution < -0.4 is 19.5 Å². The van der Waals surface area contributed by atoms with E-state index in [-0.39, 0.29) is 12.3 Å². The number of rotatable bonds is 9. The fraction of sp³-hybridized carbons (Fsp3) is 0.250. The molecule has 1 aromatic heterocycles. The van der Waals surface area contributed by atoms with Crippen LogP contribution >= 0.6 is 0 Å². The maximum absolute atomic E-state index is 12.3. The zero-order valence-electron chi connectivity index (χ0n) is 17.5. The number of ether oxygens (including phenoxy) is 3. The molecule has 30 heavy (non-hydrogen) atoms. The Morgan fingerprint density at radius 2 is 1.50 bits per heavy atom. The van der Waals surface area contributed by atoms with Gasteiger partial charge in [-0.15, -0.1) is 0 Å². The van der Waals surface area contributed by atoms with Crippen LogP contribution in [-0.2, 0) is 17.6 Å². The van der Waals surface area contributed by atoms with E-state index in [1.54, 1.807) is 39.8 Å². The predicted molar refractivity (Wildman–Crippen MR) is 116 cm³/mol. The van der Waals surface area contributed by atoms with E-state index >= 15 is 0 Å². The molecule has 1 amide bonds. The first-order valence-corrected chi connectivity index (χ1v) is 9.69. The van der Waals surface area contributed by atoms with Crippen molar-refractivity contribution in [2.75, 3.05) is 27.9 Å². The van der Waals surface area contributed by atoms with Crippen LogP contribution in [0.25, 0.3) is 11.1 Å². The zero-order valence-corrected chi connectivity index (χ0v) is 17.5. The number of methoxy groups -OCH3 is 3. The lowest BCUT2D eigenvalue weighted by atomic mass is 10.0. The van der Waals surface area contributed by atoms with Crippen LogP contribution in [0.15, 0.2) is 60.9 Å². The SMILES string of the molecule is COc1ccc(CC(=O)NCCc2ccc(-c3ccncc3)c(OC)c2)cc1OC. The molecule has 0 spiro atoms. The number of carbonyl (C=O) groups is 1. The van der Waals surface area contributed by atoms with Crippen molar-refractivity contribution in [1.29, 1.82) is 0 Å². The Hall–Kier alpha value is -3.54. The van der Waals surface area contributed by atoms with E-state index in [1.165, 1.54) is 0 Å². The molecule has 0 atom stereocenters. The van der Waals surface area contributed by atoms with Crippen molar-refractivity contribution in [3.05, 3.63) is 72.1 Å². The Bertz CT molecular complexity index is 990. The van der Waals surface area contributed by atoms with Gasteiger partial charge in [0.2, 0.25) is 5.91 Å². The molecule has 1 N–H and O–H groups in total. The second-order valence-corrected chi connectivity index (χ2v) is 6.74. The molecule has 0 bridgehead atoms. The third kappa shape index (κ3) is 5.29. The van der Waals surface area contributed by atoms with Gasteiger partial charge in [-0.25, -0.2) is 0 Å². The summed E-state index contributed by atoms with van der Waals surface area (Å²) in [6.07, 6.45) is 4.52. The Kier molecular flexibility index (Phi) is 7.27. The van der Waals surface area contributed by atoms with Crippen molar-refractivity contribution in [2.24, 2.45) is 0 Å². The summed E-state index contributed by atoms with van der Waals surface area (Å²) < 4.78 is 16.1. The molecular formula is C24H26N2O4. The van der Waals surface area contributed by atoms with E-state index in [1.807, 2.05) is 36.4 Å². The van der Waals surface area contributed by atoms with E-state index in [9.17, 15) is 4.79 Å². The average molecular weight is 406 g/mol. The van der Waals surface area contributed by atoms with Gasteiger partial charge < -0.3 is 19.5 Å². The van der Waals surface area contributed by atoms with Crippen LogP contribution in [0.4, 0.5) is 0 Å². The first-order chi connectivity index (χ1) is 14.6. The van der Waals surface area contributed by atoms with E-state index in [0.717, 1.165) is 28.0 Å². The molecule has 3 rings (SSSR count). The number of hydrogen-bond donors (Lipinski definition) is 1. The second-order valence-electron chi connectivity index (χ2n) is 6.74. The molecule has 0 aliphatic heterocycles. The fourth-order valence-corrected chi connectivity index (χ4v) is 3.25. The van der Waals surface area contributed by atoms with Crippen LogP contribution in [0.2, 0.25) is 0 Å². The van der Waals surface area contributed by atoms with Crippen molar-refractivity contribution < 1.29 is 19.0 Å². The summed E-state index contributed by atoms with van der Waals surface area (Å²) in [6.45, 7) is 0.546. The van der Waals surface area contributed by atoms with E-state index in [4.69, 9.17) is 14.2 Å². The van der Waals surface area contributed by atoms with Crippen LogP contribution in [0.5, 0.6) is 17.2 Å². The van der Waals surface area contributed by atoms with Gasteiger partial charge in [0.1, 0.15) is 5.75 Å². The summed E-state index contributed by atoms with van der Waals surface area (Å²) in [5.74, 6) is 2.02. The normalized spacial score (nSPS) is 10.4. The van der Waals surface area contributed by atoms with Crippen molar-refractivity contribution in [3.8, 4) is 28.4 Å². The Morgan fingerprint density at radius 1 is 0.833 bits per heavy atom. The molecule has 3 aromatic rings. The Balaban J connectivity index is 1.56. The summed E-state index contributed by atoms with van der Waals surface area (Å²) >= 11 is 0. The third-order valence-corrected chi connectivity index (χ3v) is 4.81. The molecule has 1 heterocycles. The highest BCUT2D eigenvalue weighted by atomic mass is 16.5. The smallest absolute Gasteiger partial charge is 0.224 e. The largest absolute Gasteiger partial charge is 0.496 e. The molecule has 6 heteroatoms. The van der Waals surface area contributed by atoms with Gasteiger partial charge in [0, 0.05) is 24.5 Å². The minimum Gasteiger partial charge on any atom is -0.496 e. The van der Waals surface area contributed by atoms with E-state index in [0.29, 0.717) is 24.5 Å². The van der Waals surface area contributed by atoms with Gasteiger partial charge in [0.05, 0.1) is 27.8 Å². The number of hydrogen-bond acceptors (Lipinski definition) is 5. The highest BCUT2D eigenvalue weighted by Gasteiger charge is 2.10. The molecule has 0 saturated heterocycles. The molecule has 0 aliphatic carbocycles. The highest BCUT2D eigenvalue weighted by molar-refractivity contribution is 5.78. The minimum absolute atomic E-state index is 0.0393. The average Bonchev–Trinajstić information content (AvgIpc) is 2.79. The molecule has 0 radical (unpaired) electrons. The van der Waals surface area contributed by atoms with E-state index < -0.39 is 0 Å². The van der Waals surface area contributed by atoms with Gasteiger partial charge in [-0.3, -0.25) is 9.78 Å². The van der Waals surface area contributed by atoms with Gasteiger partial charge in [0.15, 0.2) is 11.5 Å². The summed E-state index contributed by atoms with van der Waals surface area (Å²) in [5, 5.41) is 2.97. The van der Waals surface area contributed by atoms with Crippen molar-refractivity contribution in [3.63, 3.8) is 0 Å². The summed E-state index contributed by atoms with van der Waals surface area (Å²) in [6, 6.07) is 15.5. The number of aromatic nitrogens is 1. The number of pyridine rings is 1. The maximum atomic E-state index is 12.3. The molecular weight excluding hydrogens is 380 g/mol. The monoisotopic (exact) mass is 406 g/mol. The first kappa shape index (κ1) is 21.2. The highest BCUT2D eigenvalue weighted by Crippen LogP contribution is 2.30. The van der Waals surface area contributed by atoms with Gasteiger partial charge in [0.25, 0.3) is 0 Å². The summed E-state index contributed by atoms with van der Waals surface area (Å²) in [5.41, 5.74) is 4.03. The lowest BCUT2D eigenvalue weighted by Crippen LogP contribution is -2.27. The third-order valence-electron chi connectivity index (χ3n) is 4.81. The molecule has 0 aliphatic rings. The van der Waals surface area contributed by atoms with E-state index in [2.05, 4.69) is 16.4 Å². The molecule has 156 valence electrons. The molecule has 0 fully saturated rings. The minimum atomic E-state index is -0.0393. The van der Waals surface area contributed by atoms with Gasteiger partial charge in [-0.2, -0.15) is 0 Å². The first-order valence-electron chi connectivity index (χ1n) is 9.69. The maximum Gasteiger partial charge on any atom is 0.224 e. The van der Waals surface area contributed by atoms with Crippen LogP contribution in [0, 0.1) is 0 Å². The number of amides is 1. The predicted octanol–water partition coefficient (Wildman–Crippen LogP) is 3.68. The summed E-state index contributed by atoms with van der Waals surface area (Å²) in [7, 11) is 4.83. The molecule has 2 aromatic carbocycles. The van der Waals surface area contributed by atoms with Crippen molar-refractivity contribution in [1.82, 2.24) is 10.3 Å². The van der Waals surface area contributed by atoms with Gasteiger partial charge in [-0.05, 0) is 53.4 Å². The standard InChI is InChI=1S/C24H26N2O4/c1-28-21-7-5-18(15-23(21)30-3)16-24(27)26-13-8-17-4-6-20(22(14-17)29-2)19-9-11-25-12-10-19/h4-7,9-12,14-15H,8,13,16H2,1-3H3,(H,26,27). The summed E-state index contributed by atoms with van der Waals surface area (Å²) in [4.78, 5) is 16.4. The quantitative estimate of drug-likeness (QED) is 0.587. The molecule has 0 saturated carbocycles. The zero-order chi connectivity index (χ0) is 21.3. The van der Waals surface area contributed by atoms with Crippen LogP contribution in [0.1, 0.15) is 11.1 Å². The fourth-order valence-electron chi connectivity index (χ4n) is 3.25. The van der Waals surface area contributed by atoms with Gasteiger partial charge in [-0.1, -0.05) is 18.2 Å².